The lowest BCUT2D eigenvalue weighted by molar-refractivity contribution is -0.141. The molecule has 0 bridgehead atoms. The van der Waals surface area contributed by atoms with Crippen molar-refractivity contribution in [2.24, 2.45) is 0 Å². The molecule has 1 amide bonds. The van der Waals surface area contributed by atoms with Crippen LogP contribution in [-0.4, -0.2) is 29.6 Å². The normalized spacial score (nSPS) is 15.9. The van der Waals surface area contributed by atoms with E-state index in [0.29, 0.717) is 11.7 Å². The van der Waals surface area contributed by atoms with Crippen molar-refractivity contribution in [2.75, 3.05) is 7.11 Å². The van der Waals surface area contributed by atoms with Crippen LogP contribution in [0.15, 0.2) is 16.7 Å². The number of hydrogen-bond acceptors (Lipinski definition) is 3. The molecule has 2 rings (SSSR count). The van der Waals surface area contributed by atoms with Gasteiger partial charge in [0, 0.05) is 22.8 Å². The van der Waals surface area contributed by atoms with Crippen LogP contribution in [0.1, 0.15) is 42.7 Å². The van der Waals surface area contributed by atoms with Crippen molar-refractivity contribution in [3.8, 4) is 0 Å². The second-order valence-corrected chi connectivity index (χ2v) is 5.75. The molecule has 1 aliphatic carbocycles. The summed E-state index contributed by atoms with van der Waals surface area (Å²) in [5.41, 5.74) is 0.631. The lowest BCUT2D eigenvalue weighted by atomic mass is 10.2. The average molecular weight is 329 g/mol. The highest BCUT2D eigenvalue weighted by atomic mass is 79.9. The Balaban J connectivity index is 2.01. The summed E-state index contributed by atoms with van der Waals surface area (Å²) < 4.78 is 7.47. The van der Waals surface area contributed by atoms with Crippen molar-refractivity contribution < 1.29 is 14.3 Å². The summed E-state index contributed by atoms with van der Waals surface area (Å²) in [6.07, 6.45) is 4.32. The molecule has 0 radical (unpaired) electrons. The lowest BCUT2D eigenvalue weighted by Crippen LogP contribution is -2.35. The molecule has 1 aromatic heterocycles. The van der Waals surface area contributed by atoms with Gasteiger partial charge in [0.2, 0.25) is 0 Å². The SMILES string of the molecule is COC(=O)CC(C)NC(=O)c1cc(Br)cn1C1CC1. The number of carbonyl (C=O) groups excluding carboxylic acids is 2. The molecule has 0 spiro atoms. The Morgan fingerprint density at radius 2 is 2.26 bits per heavy atom. The van der Waals surface area contributed by atoms with Gasteiger partial charge < -0.3 is 14.6 Å². The fourth-order valence-electron chi connectivity index (χ4n) is 1.96. The number of hydrogen-bond donors (Lipinski definition) is 1. The zero-order chi connectivity index (χ0) is 14.0. The van der Waals surface area contributed by atoms with Crippen molar-refractivity contribution in [3.05, 3.63) is 22.4 Å². The van der Waals surface area contributed by atoms with E-state index in [1.54, 1.807) is 13.0 Å². The third kappa shape index (κ3) is 3.59. The number of amides is 1. The van der Waals surface area contributed by atoms with Crippen LogP contribution in [0.4, 0.5) is 0 Å². The molecule has 5 nitrogen and oxygen atoms in total. The molecule has 1 aromatic rings. The van der Waals surface area contributed by atoms with E-state index in [1.807, 2.05) is 10.8 Å². The van der Waals surface area contributed by atoms with E-state index in [-0.39, 0.29) is 24.3 Å². The van der Waals surface area contributed by atoms with E-state index >= 15 is 0 Å². The molecule has 1 fully saturated rings. The highest BCUT2D eigenvalue weighted by molar-refractivity contribution is 9.10. The number of nitrogens with zero attached hydrogens (tertiary/aromatic N) is 1. The van der Waals surface area contributed by atoms with Gasteiger partial charge in [-0.25, -0.2) is 0 Å². The Kier molecular flexibility index (Phi) is 4.29. The maximum Gasteiger partial charge on any atom is 0.307 e. The van der Waals surface area contributed by atoms with Crippen LogP contribution >= 0.6 is 15.9 Å². The van der Waals surface area contributed by atoms with Gasteiger partial charge in [0.15, 0.2) is 0 Å². The van der Waals surface area contributed by atoms with Gasteiger partial charge >= 0.3 is 5.97 Å². The van der Waals surface area contributed by atoms with Crippen LogP contribution in [0, 0.1) is 0 Å². The maximum atomic E-state index is 12.2. The molecule has 1 saturated carbocycles. The van der Waals surface area contributed by atoms with Gasteiger partial charge in [-0.1, -0.05) is 0 Å². The second kappa shape index (κ2) is 5.77. The number of carbonyl (C=O) groups is 2. The first kappa shape index (κ1) is 14.1. The van der Waals surface area contributed by atoms with Gasteiger partial charge in [-0.05, 0) is 41.8 Å². The number of nitrogens with one attached hydrogen (secondary N) is 1. The molecule has 0 saturated heterocycles. The summed E-state index contributed by atoms with van der Waals surface area (Å²) in [6.45, 7) is 1.79. The third-order valence-electron chi connectivity index (χ3n) is 3.07. The monoisotopic (exact) mass is 328 g/mol. The Bertz CT molecular complexity index is 494. The van der Waals surface area contributed by atoms with E-state index in [9.17, 15) is 9.59 Å². The van der Waals surface area contributed by atoms with Crippen molar-refractivity contribution in [3.63, 3.8) is 0 Å². The Morgan fingerprint density at radius 3 is 2.84 bits per heavy atom. The van der Waals surface area contributed by atoms with E-state index in [1.165, 1.54) is 7.11 Å². The minimum Gasteiger partial charge on any atom is -0.469 e. The van der Waals surface area contributed by atoms with Crippen LogP contribution in [0.2, 0.25) is 0 Å². The summed E-state index contributed by atoms with van der Waals surface area (Å²) in [5, 5.41) is 2.82. The van der Waals surface area contributed by atoms with E-state index < -0.39 is 0 Å². The van der Waals surface area contributed by atoms with Gasteiger partial charge in [-0.15, -0.1) is 0 Å². The number of ether oxygens (including phenoxy) is 1. The van der Waals surface area contributed by atoms with E-state index in [4.69, 9.17) is 0 Å². The predicted molar refractivity (Wildman–Crippen MR) is 74.0 cm³/mol. The topological polar surface area (TPSA) is 60.3 Å². The van der Waals surface area contributed by atoms with E-state index in [0.717, 1.165) is 17.3 Å². The quantitative estimate of drug-likeness (QED) is 0.843. The van der Waals surface area contributed by atoms with Crippen LogP contribution in [0.3, 0.4) is 0 Å². The lowest BCUT2D eigenvalue weighted by Gasteiger charge is -2.13. The van der Waals surface area contributed by atoms with Crippen LogP contribution < -0.4 is 5.32 Å². The standard InChI is InChI=1S/C13H17BrN2O3/c1-8(5-12(17)19-2)15-13(18)11-6-9(14)7-16(11)10-3-4-10/h6-8,10H,3-5H2,1-2H3,(H,15,18). The molecular weight excluding hydrogens is 312 g/mol. The van der Waals surface area contributed by atoms with Crippen LogP contribution in [0.5, 0.6) is 0 Å². The molecule has 19 heavy (non-hydrogen) atoms. The number of halogens is 1. The predicted octanol–water partition coefficient (Wildman–Crippen LogP) is 2.27. The smallest absolute Gasteiger partial charge is 0.307 e. The molecule has 1 heterocycles. The van der Waals surface area contributed by atoms with Crippen molar-refractivity contribution in [1.82, 2.24) is 9.88 Å². The summed E-state index contributed by atoms with van der Waals surface area (Å²) >= 11 is 3.39. The van der Waals surface area contributed by atoms with Crippen molar-refractivity contribution in [2.45, 2.75) is 38.3 Å². The van der Waals surface area contributed by atoms with Crippen molar-refractivity contribution in [1.29, 1.82) is 0 Å². The molecule has 1 N–H and O–H groups in total. The molecule has 1 atom stereocenters. The Morgan fingerprint density at radius 1 is 1.58 bits per heavy atom. The van der Waals surface area contributed by atoms with Gasteiger partial charge in [0.1, 0.15) is 5.69 Å². The summed E-state index contributed by atoms with van der Waals surface area (Å²) in [4.78, 5) is 23.3. The minimum absolute atomic E-state index is 0.158. The maximum absolute atomic E-state index is 12.2. The largest absolute Gasteiger partial charge is 0.469 e. The Hall–Kier alpha value is -1.30. The minimum atomic E-state index is -0.327. The van der Waals surface area contributed by atoms with Gasteiger partial charge in [-0.2, -0.15) is 0 Å². The fourth-order valence-corrected chi connectivity index (χ4v) is 2.40. The van der Waals surface area contributed by atoms with Crippen molar-refractivity contribution >= 4 is 27.8 Å². The first-order chi connectivity index (χ1) is 9.01. The van der Waals surface area contributed by atoms with Gasteiger partial charge in [-0.3, -0.25) is 9.59 Å². The van der Waals surface area contributed by atoms with Crippen LogP contribution in [0.25, 0.3) is 0 Å². The highest BCUT2D eigenvalue weighted by Crippen LogP contribution is 2.37. The molecule has 0 aliphatic heterocycles. The molecule has 1 unspecified atom stereocenters. The zero-order valence-corrected chi connectivity index (χ0v) is 12.6. The summed E-state index contributed by atoms with van der Waals surface area (Å²) in [5.74, 6) is -0.486. The van der Waals surface area contributed by atoms with E-state index in [2.05, 4.69) is 26.0 Å². The number of rotatable bonds is 5. The fraction of sp³-hybridized carbons (Fsp3) is 0.538. The summed E-state index contributed by atoms with van der Waals surface area (Å²) in [6, 6.07) is 1.99. The zero-order valence-electron chi connectivity index (χ0n) is 11.0. The number of methoxy groups -OCH3 is 1. The highest BCUT2D eigenvalue weighted by Gasteiger charge is 2.28. The molecule has 0 aromatic carbocycles. The van der Waals surface area contributed by atoms with Gasteiger partial charge in [0.05, 0.1) is 13.5 Å². The Labute approximate surface area is 120 Å². The average Bonchev–Trinajstić information content (AvgIpc) is 3.11. The number of esters is 1. The first-order valence-corrected chi connectivity index (χ1v) is 7.05. The third-order valence-corrected chi connectivity index (χ3v) is 3.50. The second-order valence-electron chi connectivity index (χ2n) is 4.84. The first-order valence-electron chi connectivity index (χ1n) is 6.26. The number of aromatic nitrogens is 1. The van der Waals surface area contributed by atoms with Gasteiger partial charge in [0.25, 0.3) is 5.91 Å². The summed E-state index contributed by atoms with van der Waals surface area (Å²) in [7, 11) is 1.34. The van der Waals surface area contributed by atoms with Crippen LogP contribution in [-0.2, 0) is 9.53 Å². The molecule has 1 aliphatic rings. The molecular formula is C13H17BrN2O3. The molecule has 6 heteroatoms. The molecule has 104 valence electrons.